The molecule has 1 saturated heterocycles. The minimum Gasteiger partial charge on any atom is -0.493 e. The summed E-state index contributed by atoms with van der Waals surface area (Å²) in [4.78, 5) is 0. The fourth-order valence-corrected chi connectivity index (χ4v) is 2.21. The SMILES string of the molecule is Fc1cc(OCCCC2CCCN2)ccc1Cl. The second-order valence-corrected chi connectivity index (χ2v) is 4.77. The smallest absolute Gasteiger partial charge is 0.145 e. The van der Waals surface area contributed by atoms with Crippen molar-refractivity contribution in [1.29, 1.82) is 0 Å². The Morgan fingerprint density at radius 3 is 3.06 bits per heavy atom. The molecule has 0 radical (unpaired) electrons. The van der Waals surface area contributed by atoms with E-state index in [1.165, 1.54) is 25.0 Å². The largest absolute Gasteiger partial charge is 0.493 e. The molecular formula is C13H17ClFNO. The third-order valence-electron chi connectivity index (χ3n) is 3.02. The number of halogens is 2. The van der Waals surface area contributed by atoms with Gasteiger partial charge in [-0.05, 0) is 44.4 Å². The van der Waals surface area contributed by atoms with Gasteiger partial charge in [-0.1, -0.05) is 11.6 Å². The lowest BCUT2D eigenvalue weighted by atomic mass is 10.1. The van der Waals surface area contributed by atoms with Crippen molar-refractivity contribution in [2.75, 3.05) is 13.2 Å². The summed E-state index contributed by atoms with van der Waals surface area (Å²) in [5.74, 6) is 0.118. The van der Waals surface area contributed by atoms with Gasteiger partial charge in [-0.3, -0.25) is 0 Å². The van der Waals surface area contributed by atoms with Crippen LogP contribution in [0, 0.1) is 5.82 Å². The maximum Gasteiger partial charge on any atom is 0.145 e. The summed E-state index contributed by atoms with van der Waals surface area (Å²) in [7, 11) is 0. The van der Waals surface area contributed by atoms with Crippen LogP contribution in [0.15, 0.2) is 18.2 Å². The van der Waals surface area contributed by atoms with Crippen LogP contribution in [0.3, 0.4) is 0 Å². The molecule has 0 amide bonds. The van der Waals surface area contributed by atoms with Crippen LogP contribution in [0.4, 0.5) is 4.39 Å². The number of ether oxygens (including phenoxy) is 1. The summed E-state index contributed by atoms with van der Waals surface area (Å²) in [5.41, 5.74) is 0. The van der Waals surface area contributed by atoms with E-state index in [0.29, 0.717) is 18.4 Å². The third-order valence-corrected chi connectivity index (χ3v) is 3.33. The van der Waals surface area contributed by atoms with Gasteiger partial charge in [0, 0.05) is 12.1 Å². The number of nitrogens with one attached hydrogen (secondary N) is 1. The molecule has 4 heteroatoms. The predicted molar refractivity (Wildman–Crippen MR) is 67.2 cm³/mol. The molecule has 1 fully saturated rings. The van der Waals surface area contributed by atoms with Crippen LogP contribution in [-0.2, 0) is 0 Å². The van der Waals surface area contributed by atoms with Crippen molar-refractivity contribution >= 4 is 11.6 Å². The molecule has 1 aromatic carbocycles. The van der Waals surface area contributed by atoms with Gasteiger partial charge in [0.05, 0.1) is 11.6 Å². The first-order valence-corrected chi connectivity index (χ1v) is 6.45. The van der Waals surface area contributed by atoms with Crippen molar-refractivity contribution in [1.82, 2.24) is 5.32 Å². The average molecular weight is 258 g/mol. The van der Waals surface area contributed by atoms with E-state index in [4.69, 9.17) is 16.3 Å². The van der Waals surface area contributed by atoms with Crippen LogP contribution in [-0.4, -0.2) is 19.2 Å². The van der Waals surface area contributed by atoms with E-state index in [2.05, 4.69) is 5.32 Å². The normalized spacial score (nSPS) is 19.5. The zero-order valence-electron chi connectivity index (χ0n) is 9.72. The van der Waals surface area contributed by atoms with Crippen LogP contribution in [0.25, 0.3) is 0 Å². The molecule has 1 N–H and O–H groups in total. The molecular weight excluding hydrogens is 241 g/mol. The van der Waals surface area contributed by atoms with Crippen LogP contribution in [0.5, 0.6) is 5.75 Å². The molecule has 0 bridgehead atoms. The topological polar surface area (TPSA) is 21.3 Å². The number of rotatable bonds is 5. The fraction of sp³-hybridized carbons (Fsp3) is 0.538. The maximum absolute atomic E-state index is 13.1. The predicted octanol–water partition coefficient (Wildman–Crippen LogP) is 3.39. The summed E-state index contributed by atoms with van der Waals surface area (Å²) in [6.45, 7) is 1.76. The zero-order valence-corrected chi connectivity index (χ0v) is 10.5. The summed E-state index contributed by atoms with van der Waals surface area (Å²) < 4.78 is 18.6. The minimum absolute atomic E-state index is 0.132. The Morgan fingerprint density at radius 2 is 2.35 bits per heavy atom. The van der Waals surface area contributed by atoms with Gasteiger partial charge >= 0.3 is 0 Å². The molecule has 2 nitrogen and oxygen atoms in total. The highest BCUT2D eigenvalue weighted by Gasteiger charge is 2.12. The highest BCUT2D eigenvalue weighted by Crippen LogP contribution is 2.20. The van der Waals surface area contributed by atoms with Gasteiger partial charge in [-0.15, -0.1) is 0 Å². The maximum atomic E-state index is 13.1. The lowest BCUT2D eigenvalue weighted by molar-refractivity contribution is 0.297. The van der Waals surface area contributed by atoms with Crippen molar-refractivity contribution < 1.29 is 9.13 Å². The molecule has 0 saturated carbocycles. The molecule has 2 rings (SSSR count). The fourth-order valence-electron chi connectivity index (χ4n) is 2.09. The number of hydrogen-bond donors (Lipinski definition) is 1. The highest BCUT2D eigenvalue weighted by atomic mass is 35.5. The molecule has 17 heavy (non-hydrogen) atoms. The quantitative estimate of drug-likeness (QED) is 0.817. The van der Waals surface area contributed by atoms with Gasteiger partial charge in [0.1, 0.15) is 11.6 Å². The molecule has 1 aliphatic heterocycles. The first-order chi connectivity index (χ1) is 8.25. The van der Waals surface area contributed by atoms with Gasteiger partial charge in [-0.2, -0.15) is 0 Å². The van der Waals surface area contributed by atoms with Crippen LogP contribution >= 0.6 is 11.6 Å². The molecule has 1 aliphatic rings. The molecule has 0 spiro atoms. The Balaban J connectivity index is 1.68. The van der Waals surface area contributed by atoms with Gasteiger partial charge in [-0.25, -0.2) is 4.39 Å². The Hall–Kier alpha value is -0.800. The average Bonchev–Trinajstić information content (AvgIpc) is 2.82. The second-order valence-electron chi connectivity index (χ2n) is 4.36. The van der Waals surface area contributed by atoms with Crippen molar-refractivity contribution in [2.45, 2.75) is 31.7 Å². The van der Waals surface area contributed by atoms with E-state index in [0.717, 1.165) is 19.4 Å². The third kappa shape index (κ3) is 3.86. The first-order valence-electron chi connectivity index (χ1n) is 6.07. The monoisotopic (exact) mass is 257 g/mol. The summed E-state index contributed by atoms with van der Waals surface area (Å²) in [6, 6.07) is 5.18. The Labute approximate surface area is 106 Å². The summed E-state index contributed by atoms with van der Waals surface area (Å²) in [5, 5.41) is 3.57. The Morgan fingerprint density at radius 1 is 1.47 bits per heavy atom. The second kappa shape index (κ2) is 6.22. The lowest BCUT2D eigenvalue weighted by Crippen LogP contribution is -2.21. The number of benzene rings is 1. The van der Waals surface area contributed by atoms with Gasteiger partial charge < -0.3 is 10.1 Å². The molecule has 1 aromatic rings. The van der Waals surface area contributed by atoms with Crippen LogP contribution in [0.1, 0.15) is 25.7 Å². The molecule has 0 aromatic heterocycles. The summed E-state index contributed by atoms with van der Waals surface area (Å²) >= 11 is 5.59. The van der Waals surface area contributed by atoms with Crippen molar-refractivity contribution in [3.8, 4) is 5.75 Å². The van der Waals surface area contributed by atoms with Crippen molar-refractivity contribution in [2.24, 2.45) is 0 Å². The van der Waals surface area contributed by atoms with E-state index in [1.807, 2.05) is 0 Å². The van der Waals surface area contributed by atoms with E-state index < -0.39 is 5.82 Å². The summed E-state index contributed by atoms with van der Waals surface area (Å²) in [6.07, 6.45) is 4.64. The van der Waals surface area contributed by atoms with Crippen molar-refractivity contribution in [3.63, 3.8) is 0 Å². The van der Waals surface area contributed by atoms with E-state index >= 15 is 0 Å². The Kier molecular flexibility index (Phi) is 4.63. The van der Waals surface area contributed by atoms with Crippen molar-refractivity contribution in [3.05, 3.63) is 29.0 Å². The van der Waals surface area contributed by atoms with Crippen LogP contribution < -0.4 is 10.1 Å². The minimum atomic E-state index is -0.429. The highest BCUT2D eigenvalue weighted by molar-refractivity contribution is 6.30. The lowest BCUT2D eigenvalue weighted by Gasteiger charge is -2.10. The zero-order chi connectivity index (χ0) is 12.1. The standard InChI is InChI=1S/C13H17ClFNO/c14-12-6-5-11(9-13(12)15)17-8-2-4-10-3-1-7-16-10/h5-6,9-10,16H,1-4,7-8H2. The van der Waals surface area contributed by atoms with Gasteiger partial charge in [0.25, 0.3) is 0 Å². The molecule has 1 heterocycles. The Bertz CT molecular complexity index is 366. The van der Waals surface area contributed by atoms with E-state index in [-0.39, 0.29) is 5.02 Å². The molecule has 0 aliphatic carbocycles. The molecule has 1 unspecified atom stereocenters. The van der Waals surface area contributed by atoms with Gasteiger partial charge in [0.2, 0.25) is 0 Å². The van der Waals surface area contributed by atoms with Gasteiger partial charge in [0.15, 0.2) is 0 Å². The number of hydrogen-bond acceptors (Lipinski definition) is 2. The molecule has 94 valence electrons. The van der Waals surface area contributed by atoms with E-state index in [1.54, 1.807) is 6.07 Å². The van der Waals surface area contributed by atoms with E-state index in [9.17, 15) is 4.39 Å². The molecule has 1 atom stereocenters. The van der Waals surface area contributed by atoms with Crippen LogP contribution in [0.2, 0.25) is 5.02 Å². The first kappa shape index (κ1) is 12.7.